The van der Waals surface area contributed by atoms with Crippen molar-refractivity contribution in [2.45, 2.75) is 31.7 Å². The Morgan fingerprint density at radius 1 is 1.15 bits per heavy atom. The van der Waals surface area contributed by atoms with Gasteiger partial charge in [-0.25, -0.2) is 9.78 Å². The van der Waals surface area contributed by atoms with E-state index in [1.165, 1.54) is 0 Å². The highest BCUT2D eigenvalue weighted by atomic mass is 16.2. The number of pyridine rings is 1. The fourth-order valence-electron chi connectivity index (χ4n) is 2.98. The van der Waals surface area contributed by atoms with Crippen molar-refractivity contribution in [1.29, 1.82) is 0 Å². The molecule has 5 nitrogen and oxygen atoms in total. The molecule has 0 bridgehead atoms. The summed E-state index contributed by atoms with van der Waals surface area (Å²) in [5.41, 5.74) is 0. The molecule has 108 valence electrons. The molecule has 1 aromatic rings. The van der Waals surface area contributed by atoms with E-state index in [9.17, 15) is 4.79 Å². The molecule has 0 aromatic carbocycles. The van der Waals surface area contributed by atoms with Gasteiger partial charge in [-0.05, 0) is 37.8 Å². The molecule has 2 aliphatic rings. The summed E-state index contributed by atoms with van der Waals surface area (Å²) < 4.78 is 0. The van der Waals surface area contributed by atoms with E-state index in [4.69, 9.17) is 0 Å². The largest absolute Gasteiger partial charge is 0.356 e. The van der Waals surface area contributed by atoms with Crippen LogP contribution in [0.5, 0.6) is 0 Å². The van der Waals surface area contributed by atoms with Crippen molar-refractivity contribution in [3.05, 3.63) is 24.4 Å². The maximum absolute atomic E-state index is 12.1. The molecule has 1 N–H and O–H groups in total. The summed E-state index contributed by atoms with van der Waals surface area (Å²) in [6.07, 6.45) is 6.11. The Labute approximate surface area is 120 Å². The van der Waals surface area contributed by atoms with Gasteiger partial charge in [0.05, 0.1) is 0 Å². The first kappa shape index (κ1) is 13.2. The van der Waals surface area contributed by atoms with Crippen LogP contribution in [-0.2, 0) is 0 Å². The summed E-state index contributed by atoms with van der Waals surface area (Å²) in [5.74, 6) is 1.04. The van der Waals surface area contributed by atoms with Crippen molar-refractivity contribution < 1.29 is 4.79 Å². The quantitative estimate of drug-likeness (QED) is 0.895. The number of carbonyl (C=O) groups excluding carboxylic acids is 1. The molecule has 2 fully saturated rings. The highest BCUT2D eigenvalue weighted by Crippen LogP contribution is 2.17. The molecular formula is C15H22N4O. The molecule has 2 amide bonds. The van der Waals surface area contributed by atoms with Crippen LogP contribution in [-0.4, -0.2) is 48.1 Å². The predicted molar refractivity (Wildman–Crippen MR) is 78.8 cm³/mol. The van der Waals surface area contributed by atoms with Crippen LogP contribution in [0.3, 0.4) is 0 Å². The number of nitrogens with zero attached hydrogens (tertiary/aromatic N) is 3. The van der Waals surface area contributed by atoms with Crippen LogP contribution < -0.4 is 10.2 Å². The molecule has 2 aliphatic heterocycles. The number of hydrogen-bond donors (Lipinski definition) is 1. The number of piperidine rings is 1. The molecule has 2 saturated heterocycles. The van der Waals surface area contributed by atoms with Crippen LogP contribution in [0.15, 0.2) is 24.4 Å². The predicted octanol–water partition coefficient (Wildman–Crippen LogP) is 1.86. The second kappa shape index (κ2) is 6.11. The van der Waals surface area contributed by atoms with Gasteiger partial charge in [0.2, 0.25) is 0 Å². The maximum Gasteiger partial charge on any atom is 0.317 e. The summed E-state index contributed by atoms with van der Waals surface area (Å²) in [4.78, 5) is 20.7. The first-order chi connectivity index (χ1) is 9.83. The van der Waals surface area contributed by atoms with Crippen molar-refractivity contribution >= 4 is 11.8 Å². The lowest BCUT2D eigenvalue weighted by atomic mass is 10.1. The molecule has 3 heterocycles. The summed E-state index contributed by atoms with van der Waals surface area (Å²) >= 11 is 0. The number of amides is 2. The zero-order valence-corrected chi connectivity index (χ0v) is 11.8. The second-order valence-electron chi connectivity index (χ2n) is 5.59. The van der Waals surface area contributed by atoms with Crippen molar-refractivity contribution in [3.63, 3.8) is 0 Å². The van der Waals surface area contributed by atoms with Gasteiger partial charge in [-0.1, -0.05) is 6.07 Å². The van der Waals surface area contributed by atoms with Gasteiger partial charge in [-0.2, -0.15) is 0 Å². The molecule has 5 heteroatoms. The Bertz CT molecular complexity index is 436. The Kier molecular flexibility index (Phi) is 4.04. The smallest absolute Gasteiger partial charge is 0.317 e. The summed E-state index contributed by atoms with van der Waals surface area (Å²) in [6.45, 7) is 3.75. The molecule has 0 radical (unpaired) electrons. The van der Waals surface area contributed by atoms with E-state index in [1.54, 1.807) is 0 Å². The average molecular weight is 274 g/mol. The average Bonchev–Trinajstić information content (AvgIpc) is 3.03. The third-order valence-corrected chi connectivity index (χ3v) is 4.19. The lowest BCUT2D eigenvalue weighted by Crippen LogP contribution is -2.48. The molecular weight excluding hydrogens is 252 g/mol. The van der Waals surface area contributed by atoms with Gasteiger partial charge in [-0.15, -0.1) is 0 Å². The number of hydrogen-bond acceptors (Lipinski definition) is 3. The van der Waals surface area contributed by atoms with E-state index in [0.29, 0.717) is 6.04 Å². The van der Waals surface area contributed by atoms with Gasteiger partial charge in [0.25, 0.3) is 0 Å². The van der Waals surface area contributed by atoms with Crippen molar-refractivity contribution in [1.82, 2.24) is 15.2 Å². The van der Waals surface area contributed by atoms with Crippen molar-refractivity contribution in [2.24, 2.45) is 0 Å². The van der Waals surface area contributed by atoms with E-state index in [1.807, 2.05) is 29.3 Å². The third kappa shape index (κ3) is 3.03. The number of carbonyl (C=O) groups is 1. The molecule has 0 aliphatic carbocycles. The van der Waals surface area contributed by atoms with E-state index in [2.05, 4.69) is 15.2 Å². The van der Waals surface area contributed by atoms with Gasteiger partial charge < -0.3 is 15.1 Å². The summed E-state index contributed by atoms with van der Waals surface area (Å²) in [7, 11) is 0. The zero-order chi connectivity index (χ0) is 13.8. The maximum atomic E-state index is 12.1. The van der Waals surface area contributed by atoms with Gasteiger partial charge in [0.1, 0.15) is 5.82 Å². The van der Waals surface area contributed by atoms with E-state index < -0.39 is 0 Å². The van der Waals surface area contributed by atoms with E-state index in [0.717, 1.165) is 57.7 Å². The number of rotatable bonds is 2. The lowest BCUT2D eigenvalue weighted by molar-refractivity contribution is 0.202. The number of anilines is 1. The standard InChI is InChI=1S/C15H22N4O/c20-15(19-9-3-4-10-19)17-13-6-11-18(12-7-13)14-5-1-2-8-16-14/h1-2,5,8,13H,3-4,6-7,9-12H2,(H,17,20). The number of likely N-dealkylation sites (tertiary alicyclic amines) is 1. The van der Waals surface area contributed by atoms with Crippen LogP contribution >= 0.6 is 0 Å². The number of urea groups is 1. The highest BCUT2D eigenvalue weighted by molar-refractivity contribution is 5.74. The Morgan fingerprint density at radius 3 is 2.55 bits per heavy atom. The topological polar surface area (TPSA) is 48.5 Å². The first-order valence-corrected chi connectivity index (χ1v) is 7.54. The van der Waals surface area contributed by atoms with Crippen molar-refractivity contribution in [3.8, 4) is 0 Å². The molecule has 0 saturated carbocycles. The molecule has 0 atom stereocenters. The first-order valence-electron chi connectivity index (χ1n) is 7.54. The summed E-state index contributed by atoms with van der Waals surface area (Å²) in [6, 6.07) is 6.43. The van der Waals surface area contributed by atoms with Crippen LogP contribution in [0, 0.1) is 0 Å². The lowest BCUT2D eigenvalue weighted by Gasteiger charge is -2.33. The second-order valence-corrected chi connectivity index (χ2v) is 5.59. The van der Waals surface area contributed by atoms with E-state index >= 15 is 0 Å². The monoisotopic (exact) mass is 274 g/mol. The number of aromatic nitrogens is 1. The van der Waals surface area contributed by atoms with Gasteiger partial charge in [-0.3, -0.25) is 0 Å². The van der Waals surface area contributed by atoms with Crippen LogP contribution in [0.4, 0.5) is 10.6 Å². The Morgan fingerprint density at radius 2 is 1.90 bits per heavy atom. The zero-order valence-electron chi connectivity index (χ0n) is 11.8. The Hall–Kier alpha value is -1.78. The highest BCUT2D eigenvalue weighted by Gasteiger charge is 2.24. The SMILES string of the molecule is O=C(NC1CCN(c2ccccn2)CC1)N1CCCC1. The minimum atomic E-state index is 0.124. The minimum Gasteiger partial charge on any atom is -0.356 e. The van der Waals surface area contributed by atoms with Crippen LogP contribution in [0.1, 0.15) is 25.7 Å². The van der Waals surface area contributed by atoms with Crippen LogP contribution in [0.25, 0.3) is 0 Å². The molecule has 20 heavy (non-hydrogen) atoms. The van der Waals surface area contributed by atoms with Gasteiger partial charge in [0.15, 0.2) is 0 Å². The third-order valence-electron chi connectivity index (χ3n) is 4.19. The van der Waals surface area contributed by atoms with Crippen molar-refractivity contribution in [2.75, 3.05) is 31.1 Å². The molecule has 0 spiro atoms. The van der Waals surface area contributed by atoms with Crippen LogP contribution in [0.2, 0.25) is 0 Å². The fourth-order valence-corrected chi connectivity index (χ4v) is 2.98. The molecule has 1 aromatic heterocycles. The summed E-state index contributed by atoms with van der Waals surface area (Å²) in [5, 5.41) is 3.17. The minimum absolute atomic E-state index is 0.124. The molecule has 3 rings (SSSR count). The Balaban J connectivity index is 1.47. The van der Waals surface area contributed by atoms with E-state index in [-0.39, 0.29) is 6.03 Å². The number of nitrogens with one attached hydrogen (secondary N) is 1. The fraction of sp³-hybridized carbons (Fsp3) is 0.600. The molecule has 0 unspecified atom stereocenters. The normalized spacial score (nSPS) is 20.2. The van der Waals surface area contributed by atoms with Gasteiger partial charge >= 0.3 is 6.03 Å². The van der Waals surface area contributed by atoms with Gasteiger partial charge in [0, 0.05) is 38.4 Å².